The summed E-state index contributed by atoms with van der Waals surface area (Å²) in [5.41, 5.74) is 1.42. The van der Waals surface area contributed by atoms with E-state index in [1.54, 1.807) is 18.2 Å². The van der Waals surface area contributed by atoms with E-state index in [4.69, 9.17) is 4.74 Å². The van der Waals surface area contributed by atoms with Crippen molar-refractivity contribution in [1.82, 2.24) is 5.32 Å². The molecule has 0 unspecified atom stereocenters. The van der Waals surface area contributed by atoms with Gasteiger partial charge in [0.25, 0.3) is 0 Å². The molecule has 124 valence electrons. The minimum absolute atomic E-state index is 0.102. The van der Waals surface area contributed by atoms with Gasteiger partial charge in [-0.1, -0.05) is 30.3 Å². The number of para-hydroxylation sites is 1. The van der Waals surface area contributed by atoms with Crippen LogP contribution in [-0.4, -0.2) is 11.5 Å². The number of ether oxygens (including phenoxy) is 1. The number of nitrogens with one attached hydrogen (secondary N) is 1. The fourth-order valence-electron chi connectivity index (χ4n) is 2.90. The van der Waals surface area contributed by atoms with Crippen LogP contribution in [0, 0.1) is 5.82 Å². The van der Waals surface area contributed by atoms with Crippen molar-refractivity contribution >= 4 is 12.0 Å². The summed E-state index contributed by atoms with van der Waals surface area (Å²) >= 11 is 0. The molecular formula is C20H20FNO2. The van der Waals surface area contributed by atoms with E-state index in [-0.39, 0.29) is 23.4 Å². The van der Waals surface area contributed by atoms with E-state index in [1.165, 1.54) is 18.2 Å². The van der Waals surface area contributed by atoms with E-state index in [0.717, 1.165) is 16.9 Å². The highest BCUT2D eigenvalue weighted by atomic mass is 19.1. The van der Waals surface area contributed by atoms with Crippen molar-refractivity contribution in [2.75, 3.05) is 0 Å². The van der Waals surface area contributed by atoms with Gasteiger partial charge in [0.2, 0.25) is 5.91 Å². The van der Waals surface area contributed by atoms with E-state index < -0.39 is 0 Å². The smallest absolute Gasteiger partial charge is 0.244 e. The summed E-state index contributed by atoms with van der Waals surface area (Å²) in [6, 6.07) is 13.7. The van der Waals surface area contributed by atoms with Gasteiger partial charge in [0.1, 0.15) is 17.2 Å². The maximum atomic E-state index is 12.9. The summed E-state index contributed by atoms with van der Waals surface area (Å²) < 4.78 is 18.9. The molecular weight excluding hydrogens is 305 g/mol. The lowest BCUT2D eigenvalue weighted by atomic mass is 9.89. The van der Waals surface area contributed by atoms with E-state index >= 15 is 0 Å². The minimum atomic E-state index is -0.340. The zero-order valence-electron chi connectivity index (χ0n) is 13.8. The average Bonchev–Trinajstić information content (AvgIpc) is 2.53. The highest BCUT2D eigenvalue weighted by Gasteiger charge is 2.33. The molecule has 3 nitrogen and oxygen atoms in total. The SMILES string of the molecule is CC1(C)C[C@H](NC(=O)/C=C/c2ccc(F)cc2)c2ccccc2O1. The first kappa shape index (κ1) is 16.2. The maximum Gasteiger partial charge on any atom is 0.244 e. The molecule has 0 saturated carbocycles. The van der Waals surface area contributed by atoms with Crippen LogP contribution in [0.3, 0.4) is 0 Å². The van der Waals surface area contributed by atoms with Crippen LogP contribution >= 0.6 is 0 Å². The van der Waals surface area contributed by atoms with Crippen LogP contribution in [0.5, 0.6) is 5.75 Å². The maximum absolute atomic E-state index is 12.9. The number of carbonyl (C=O) groups excluding carboxylic acids is 1. The van der Waals surface area contributed by atoms with E-state index in [2.05, 4.69) is 5.32 Å². The first-order chi connectivity index (χ1) is 11.4. The minimum Gasteiger partial charge on any atom is -0.487 e. The Balaban J connectivity index is 1.73. The molecule has 0 fully saturated rings. The third-order valence-corrected chi connectivity index (χ3v) is 3.99. The van der Waals surface area contributed by atoms with Gasteiger partial charge in [-0.25, -0.2) is 4.39 Å². The Morgan fingerprint density at radius 3 is 2.67 bits per heavy atom. The lowest BCUT2D eigenvalue weighted by Gasteiger charge is -2.37. The van der Waals surface area contributed by atoms with Crippen molar-refractivity contribution in [3.05, 3.63) is 71.6 Å². The molecule has 0 spiro atoms. The third kappa shape index (κ3) is 3.82. The molecule has 1 heterocycles. The number of hydrogen-bond donors (Lipinski definition) is 1. The highest BCUT2D eigenvalue weighted by Crippen LogP contribution is 2.39. The monoisotopic (exact) mass is 325 g/mol. The van der Waals surface area contributed by atoms with Gasteiger partial charge < -0.3 is 10.1 Å². The molecule has 24 heavy (non-hydrogen) atoms. The van der Waals surface area contributed by atoms with Crippen LogP contribution in [0.4, 0.5) is 4.39 Å². The molecule has 1 aliphatic rings. The van der Waals surface area contributed by atoms with Gasteiger partial charge in [-0.3, -0.25) is 4.79 Å². The van der Waals surface area contributed by atoms with Crippen molar-refractivity contribution in [3.8, 4) is 5.75 Å². The number of hydrogen-bond acceptors (Lipinski definition) is 2. The summed E-state index contributed by atoms with van der Waals surface area (Å²) in [4.78, 5) is 12.3. The first-order valence-corrected chi connectivity index (χ1v) is 7.95. The van der Waals surface area contributed by atoms with Crippen molar-refractivity contribution in [1.29, 1.82) is 0 Å². The van der Waals surface area contributed by atoms with Gasteiger partial charge in [0.05, 0.1) is 6.04 Å². The molecule has 1 N–H and O–H groups in total. The second kappa shape index (κ2) is 6.48. The van der Waals surface area contributed by atoms with Gasteiger partial charge >= 0.3 is 0 Å². The van der Waals surface area contributed by atoms with E-state index in [0.29, 0.717) is 6.42 Å². The Kier molecular flexibility index (Phi) is 4.38. The van der Waals surface area contributed by atoms with Crippen LogP contribution in [0.15, 0.2) is 54.6 Å². The number of rotatable bonds is 3. The molecule has 0 saturated heterocycles. The number of benzene rings is 2. The second-order valence-electron chi connectivity index (χ2n) is 6.55. The van der Waals surface area contributed by atoms with Crippen LogP contribution in [-0.2, 0) is 4.79 Å². The molecule has 1 aliphatic heterocycles. The van der Waals surface area contributed by atoms with Crippen molar-refractivity contribution in [2.45, 2.75) is 31.9 Å². The Morgan fingerprint density at radius 2 is 1.92 bits per heavy atom. The normalized spacial score (nSPS) is 18.7. The third-order valence-electron chi connectivity index (χ3n) is 3.99. The number of carbonyl (C=O) groups is 1. The second-order valence-corrected chi connectivity index (χ2v) is 6.55. The Hall–Kier alpha value is -2.62. The molecule has 1 amide bonds. The van der Waals surface area contributed by atoms with Crippen molar-refractivity contribution < 1.29 is 13.9 Å². The van der Waals surface area contributed by atoms with Crippen LogP contribution in [0.2, 0.25) is 0 Å². The van der Waals surface area contributed by atoms with Crippen molar-refractivity contribution in [2.24, 2.45) is 0 Å². The quantitative estimate of drug-likeness (QED) is 0.857. The predicted molar refractivity (Wildman–Crippen MR) is 92.1 cm³/mol. The van der Waals surface area contributed by atoms with Gasteiger partial charge in [-0.15, -0.1) is 0 Å². The molecule has 2 aromatic carbocycles. The number of halogens is 1. The predicted octanol–water partition coefficient (Wildman–Crippen LogP) is 4.26. The lowest BCUT2D eigenvalue weighted by Crippen LogP contribution is -2.40. The Labute approximate surface area is 141 Å². The molecule has 3 rings (SSSR count). The first-order valence-electron chi connectivity index (χ1n) is 7.95. The zero-order valence-corrected chi connectivity index (χ0v) is 13.8. The summed E-state index contributed by atoms with van der Waals surface area (Å²) in [7, 11) is 0. The summed E-state index contributed by atoms with van der Waals surface area (Å²) in [6.07, 6.45) is 3.84. The fourth-order valence-corrected chi connectivity index (χ4v) is 2.90. The summed E-state index contributed by atoms with van der Waals surface area (Å²) in [5.74, 6) is 0.330. The van der Waals surface area contributed by atoms with E-state index in [1.807, 2.05) is 38.1 Å². The molecule has 1 atom stereocenters. The van der Waals surface area contributed by atoms with Crippen molar-refractivity contribution in [3.63, 3.8) is 0 Å². The molecule has 2 aromatic rings. The zero-order chi connectivity index (χ0) is 17.2. The van der Waals surface area contributed by atoms with Gasteiger partial charge in [-0.2, -0.15) is 0 Å². The molecule has 0 aliphatic carbocycles. The fraction of sp³-hybridized carbons (Fsp3) is 0.250. The molecule has 4 heteroatoms. The van der Waals surface area contributed by atoms with Crippen LogP contribution in [0.25, 0.3) is 6.08 Å². The van der Waals surface area contributed by atoms with E-state index in [9.17, 15) is 9.18 Å². The van der Waals surface area contributed by atoms with Gasteiger partial charge in [0, 0.05) is 18.1 Å². The standard InChI is InChI=1S/C20H20FNO2/c1-20(2)13-17(16-5-3-4-6-18(16)24-20)22-19(23)12-9-14-7-10-15(21)11-8-14/h3-12,17H,13H2,1-2H3,(H,22,23)/b12-9+/t17-/m0/s1. The number of fused-ring (bicyclic) bond motifs is 1. The topological polar surface area (TPSA) is 38.3 Å². The Morgan fingerprint density at radius 1 is 1.21 bits per heavy atom. The molecule has 0 radical (unpaired) electrons. The van der Waals surface area contributed by atoms with Gasteiger partial charge in [-0.05, 0) is 43.7 Å². The van der Waals surface area contributed by atoms with Crippen LogP contribution < -0.4 is 10.1 Å². The average molecular weight is 325 g/mol. The number of amides is 1. The van der Waals surface area contributed by atoms with Crippen LogP contribution in [0.1, 0.15) is 37.4 Å². The summed E-state index contributed by atoms with van der Waals surface area (Å²) in [6.45, 7) is 4.02. The highest BCUT2D eigenvalue weighted by molar-refractivity contribution is 5.92. The summed E-state index contributed by atoms with van der Waals surface area (Å²) in [5, 5.41) is 3.03. The lowest BCUT2D eigenvalue weighted by molar-refractivity contribution is -0.117. The largest absolute Gasteiger partial charge is 0.487 e. The molecule has 0 aromatic heterocycles. The Bertz CT molecular complexity index is 765. The van der Waals surface area contributed by atoms with Gasteiger partial charge in [0.15, 0.2) is 0 Å². The molecule has 0 bridgehead atoms.